The van der Waals surface area contributed by atoms with Crippen molar-refractivity contribution in [2.45, 2.75) is 18.9 Å². The van der Waals surface area contributed by atoms with Gasteiger partial charge in [0, 0.05) is 25.3 Å². The lowest BCUT2D eigenvalue weighted by Gasteiger charge is -2.37. The Morgan fingerprint density at radius 1 is 1.39 bits per heavy atom. The zero-order valence-electron chi connectivity index (χ0n) is 10.7. The first-order valence-corrected chi connectivity index (χ1v) is 6.59. The Morgan fingerprint density at radius 2 is 2.22 bits per heavy atom. The number of fused-ring (bicyclic) bond motifs is 1. The highest BCUT2D eigenvalue weighted by Gasteiger charge is 2.37. The normalized spacial score (nSPS) is 27.9. The van der Waals surface area contributed by atoms with Crippen LogP contribution in [0.25, 0.3) is 0 Å². The van der Waals surface area contributed by atoms with Crippen LogP contribution in [-0.4, -0.2) is 42.6 Å². The first kappa shape index (κ1) is 11.5. The van der Waals surface area contributed by atoms with Gasteiger partial charge in [-0.1, -0.05) is 0 Å². The average Bonchev–Trinajstić information content (AvgIpc) is 2.81. The van der Waals surface area contributed by atoms with Gasteiger partial charge < -0.3 is 9.80 Å². The maximum Gasteiger partial charge on any atom is 0.130 e. The fourth-order valence-corrected chi connectivity index (χ4v) is 3.23. The zero-order valence-corrected chi connectivity index (χ0v) is 10.7. The lowest BCUT2D eigenvalue weighted by Crippen LogP contribution is -2.46. The first-order valence-electron chi connectivity index (χ1n) is 6.59. The van der Waals surface area contributed by atoms with E-state index < -0.39 is 0 Å². The molecule has 0 bridgehead atoms. The predicted molar refractivity (Wildman–Crippen MR) is 70.3 cm³/mol. The van der Waals surface area contributed by atoms with E-state index in [1.165, 1.54) is 19.4 Å². The summed E-state index contributed by atoms with van der Waals surface area (Å²) in [6.07, 6.45) is 4.29. The highest BCUT2D eigenvalue weighted by Crippen LogP contribution is 2.33. The number of nitrogens with zero attached hydrogens (tertiary/aromatic N) is 4. The monoisotopic (exact) mass is 242 g/mol. The van der Waals surface area contributed by atoms with Gasteiger partial charge in [-0.2, -0.15) is 5.26 Å². The molecule has 94 valence electrons. The Morgan fingerprint density at radius 3 is 3.06 bits per heavy atom. The lowest BCUT2D eigenvalue weighted by molar-refractivity contribution is 0.208. The van der Waals surface area contributed by atoms with Gasteiger partial charge in [-0.3, -0.25) is 0 Å². The van der Waals surface area contributed by atoms with Crippen molar-refractivity contribution in [3.8, 4) is 6.07 Å². The summed E-state index contributed by atoms with van der Waals surface area (Å²) in [7, 11) is 2.19. The molecule has 2 saturated heterocycles. The Bertz CT molecular complexity index is 479. The number of piperidine rings is 1. The van der Waals surface area contributed by atoms with Crippen LogP contribution in [0.4, 0.5) is 5.82 Å². The standard InChI is InChI=1S/C14H18N4/c1-17-6-3-12-4-7-18(13(12)10-17)14-8-11(9-15)2-5-16-14/h2,5,8,12-13H,3-4,6-7,10H2,1H3/t12-,13+/m0/s1. The molecule has 2 fully saturated rings. The Kier molecular flexibility index (Phi) is 2.92. The molecule has 0 aliphatic carbocycles. The fraction of sp³-hybridized carbons (Fsp3) is 0.571. The van der Waals surface area contributed by atoms with E-state index in [1.807, 2.05) is 6.07 Å². The molecule has 1 aromatic heterocycles. The molecule has 4 heteroatoms. The topological polar surface area (TPSA) is 43.2 Å². The maximum atomic E-state index is 8.97. The van der Waals surface area contributed by atoms with Crippen LogP contribution in [0.3, 0.4) is 0 Å². The van der Waals surface area contributed by atoms with Crippen molar-refractivity contribution in [2.75, 3.05) is 31.6 Å². The molecular weight excluding hydrogens is 224 g/mol. The largest absolute Gasteiger partial charge is 0.352 e. The van der Waals surface area contributed by atoms with Crippen LogP contribution in [0.2, 0.25) is 0 Å². The molecule has 18 heavy (non-hydrogen) atoms. The minimum Gasteiger partial charge on any atom is -0.352 e. The summed E-state index contributed by atoms with van der Waals surface area (Å²) >= 11 is 0. The van der Waals surface area contributed by atoms with E-state index in [9.17, 15) is 0 Å². The number of hydrogen-bond donors (Lipinski definition) is 0. The molecule has 0 N–H and O–H groups in total. The molecule has 0 aromatic carbocycles. The van der Waals surface area contributed by atoms with E-state index >= 15 is 0 Å². The summed E-state index contributed by atoms with van der Waals surface area (Å²) in [6.45, 7) is 3.40. The SMILES string of the molecule is CN1CC[C@H]2CCN(c3cc(C#N)ccn3)[C@@H]2C1. The van der Waals surface area contributed by atoms with Crippen molar-refractivity contribution in [3.05, 3.63) is 23.9 Å². The van der Waals surface area contributed by atoms with Crippen molar-refractivity contribution in [3.63, 3.8) is 0 Å². The molecule has 0 saturated carbocycles. The Labute approximate surface area is 108 Å². The van der Waals surface area contributed by atoms with Gasteiger partial charge in [0.05, 0.1) is 11.6 Å². The van der Waals surface area contributed by atoms with Crippen LogP contribution in [-0.2, 0) is 0 Å². The number of likely N-dealkylation sites (N-methyl/N-ethyl adjacent to an activating group) is 1. The molecule has 2 aliphatic rings. The molecule has 2 aliphatic heterocycles. The summed E-state index contributed by atoms with van der Waals surface area (Å²) in [5, 5.41) is 8.97. The van der Waals surface area contributed by atoms with Crippen molar-refractivity contribution < 1.29 is 0 Å². The van der Waals surface area contributed by atoms with Crippen molar-refractivity contribution in [2.24, 2.45) is 5.92 Å². The van der Waals surface area contributed by atoms with E-state index in [4.69, 9.17) is 5.26 Å². The predicted octanol–water partition coefficient (Wildman–Crippen LogP) is 1.48. The second-order valence-corrected chi connectivity index (χ2v) is 5.37. The fourth-order valence-electron chi connectivity index (χ4n) is 3.23. The van der Waals surface area contributed by atoms with Gasteiger partial charge >= 0.3 is 0 Å². The molecule has 0 unspecified atom stereocenters. The van der Waals surface area contributed by atoms with E-state index in [0.29, 0.717) is 11.6 Å². The minimum atomic E-state index is 0.574. The molecule has 4 nitrogen and oxygen atoms in total. The third-order valence-electron chi connectivity index (χ3n) is 4.23. The number of anilines is 1. The highest BCUT2D eigenvalue weighted by atomic mass is 15.3. The number of aromatic nitrogens is 1. The zero-order chi connectivity index (χ0) is 12.5. The molecule has 0 amide bonds. The van der Waals surface area contributed by atoms with E-state index in [0.717, 1.165) is 24.8 Å². The second-order valence-electron chi connectivity index (χ2n) is 5.37. The third-order valence-corrected chi connectivity index (χ3v) is 4.23. The van der Waals surface area contributed by atoms with Gasteiger partial charge in [-0.05, 0) is 44.5 Å². The molecule has 0 radical (unpaired) electrons. The molecular formula is C14H18N4. The van der Waals surface area contributed by atoms with Gasteiger partial charge in [0.2, 0.25) is 0 Å². The minimum absolute atomic E-state index is 0.574. The summed E-state index contributed by atoms with van der Waals surface area (Å²) in [4.78, 5) is 9.23. The Balaban J connectivity index is 1.85. The van der Waals surface area contributed by atoms with Gasteiger partial charge in [-0.25, -0.2) is 4.98 Å². The van der Waals surface area contributed by atoms with Crippen LogP contribution in [0.5, 0.6) is 0 Å². The summed E-state index contributed by atoms with van der Waals surface area (Å²) in [6, 6.07) is 6.45. The van der Waals surface area contributed by atoms with Gasteiger partial charge in [0.15, 0.2) is 0 Å². The van der Waals surface area contributed by atoms with Crippen LogP contribution >= 0.6 is 0 Å². The number of likely N-dealkylation sites (tertiary alicyclic amines) is 1. The van der Waals surface area contributed by atoms with Crippen LogP contribution in [0.1, 0.15) is 18.4 Å². The quantitative estimate of drug-likeness (QED) is 0.748. The Hall–Kier alpha value is -1.60. The molecule has 3 rings (SSSR count). The first-order chi connectivity index (χ1) is 8.78. The van der Waals surface area contributed by atoms with Crippen molar-refractivity contribution in [1.29, 1.82) is 5.26 Å². The summed E-state index contributed by atoms with van der Waals surface area (Å²) in [5.41, 5.74) is 0.701. The van der Waals surface area contributed by atoms with Gasteiger partial charge in [-0.15, -0.1) is 0 Å². The highest BCUT2D eigenvalue weighted by molar-refractivity contribution is 5.47. The van der Waals surface area contributed by atoms with E-state index in [-0.39, 0.29) is 0 Å². The number of nitriles is 1. The second kappa shape index (κ2) is 4.58. The molecule has 0 spiro atoms. The van der Waals surface area contributed by atoms with Gasteiger partial charge in [0.25, 0.3) is 0 Å². The van der Waals surface area contributed by atoms with E-state index in [2.05, 4.69) is 27.9 Å². The van der Waals surface area contributed by atoms with Crippen molar-refractivity contribution >= 4 is 5.82 Å². The van der Waals surface area contributed by atoms with Gasteiger partial charge in [0.1, 0.15) is 5.82 Å². The molecule has 2 atom stereocenters. The summed E-state index contributed by atoms with van der Waals surface area (Å²) in [5.74, 6) is 1.77. The summed E-state index contributed by atoms with van der Waals surface area (Å²) < 4.78 is 0. The third kappa shape index (κ3) is 1.95. The van der Waals surface area contributed by atoms with Crippen LogP contribution < -0.4 is 4.90 Å². The average molecular weight is 242 g/mol. The van der Waals surface area contributed by atoms with E-state index in [1.54, 1.807) is 12.3 Å². The lowest BCUT2D eigenvalue weighted by atomic mass is 9.92. The van der Waals surface area contributed by atoms with Crippen molar-refractivity contribution in [1.82, 2.24) is 9.88 Å². The smallest absolute Gasteiger partial charge is 0.130 e. The van der Waals surface area contributed by atoms with Crippen LogP contribution in [0.15, 0.2) is 18.3 Å². The number of rotatable bonds is 1. The number of pyridine rings is 1. The molecule has 3 heterocycles. The maximum absolute atomic E-state index is 8.97. The molecule has 1 aromatic rings. The number of hydrogen-bond acceptors (Lipinski definition) is 4. The van der Waals surface area contributed by atoms with Crippen LogP contribution in [0, 0.1) is 17.2 Å².